The van der Waals surface area contributed by atoms with E-state index in [0.717, 1.165) is 18.9 Å². The molecule has 2 aromatic carbocycles. The Kier molecular flexibility index (Phi) is 8.43. The lowest BCUT2D eigenvalue weighted by molar-refractivity contribution is -0.256. The standard InChI is InChI=1S/C31H36F4N2O4/c32-25-16-21(28(39)24-8-9-26(38)27(24)29(36)40)4-7-23(25)20-2-5-22(6-3-20)41-17-19-10-14-37(15-11-19)18-30(12-1-13-30)31(33,34)35/h2-7,16,19,24,26-27,38H,1,8-15,17-18H2,(H2,36,40)/t24-,26?,27+/m1/s1. The molecule has 2 aliphatic carbocycles. The van der Waals surface area contributed by atoms with E-state index in [1.165, 1.54) is 12.1 Å². The molecule has 3 fully saturated rings. The van der Waals surface area contributed by atoms with Crippen molar-refractivity contribution in [1.29, 1.82) is 0 Å². The lowest BCUT2D eigenvalue weighted by Crippen LogP contribution is -2.53. The van der Waals surface area contributed by atoms with Crippen molar-refractivity contribution < 1.29 is 37.0 Å². The van der Waals surface area contributed by atoms with Gasteiger partial charge in [0.05, 0.1) is 24.0 Å². The molecule has 3 aliphatic rings. The van der Waals surface area contributed by atoms with Gasteiger partial charge in [-0.2, -0.15) is 13.2 Å². The highest BCUT2D eigenvalue weighted by Crippen LogP contribution is 2.53. The summed E-state index contributed by atoms with van der Waals surface area (Å²) in [7, 11) is 0. The second kappa shape index (κ2) is 11.7. The summed E-state index contributed by atoms with van der Waals surface area (Å²) in [5, 5.41) is 10.0. The molecule has 3 atom stereocenters. The number of alkyl halides is 3. The zero-order chi connectivity index (χ0) is 29.4. The van der Waals surface area contributed by atoms with Crippen molar-refractivity contribution in [2.45, 2.75) is 57.2 Å². The highest BCUT2D eigenvalue weighted by Gasteiger charge is 2.58. The van der Waals surface area contributed by atoms with Crippen molar-refractivity contribution in [2.24, 2.45) is 28.9 Å². The van der Waals surface area contributed by atoms with Crippen LogP contribution in [0.25, 0.3) is 11.1 Å². The largest absolute Gasteiger partial charge is 0.493 e. The molecule has 0 spiro atoms. The minimum atomic E-state index is -4.14. The fourth-order valence-electron chi connectivity index (χ4n) is 6.60. The van der Waals surface area contributed by atoms with Gasteiger partial charge in [0.15, 0.2) is 5.78 Å². The maximum atomic E-state index is 15.0. The minimum Gasteiger partial charge on any atom is -0.493 e. The van der Waals surface area contributed by atoms with Crippen LogP contribution in [0.3, 0.4) is 0 Å². The molecule has 1 amide bonds. The van der Waals surface area contributed by atoms with Gasteiger partial charge < -0.3 is 20.5 Å². The number of hydrogen-bond acceptors (Lipinski definition) is 5. The monoisotopic (exact) mass is 576 g/mol. The number of hydrogen-bond donors (Lipinski definition) is 2. The van der Waals surface area contributed by atoms with Crippen LogP contribution in [-0.4, -0.2) is 60.2 Å². The number of primary amides is 1. The molecule has 222 valence electrons. The van der Waals surface area contributed by atoms with Crippen molar-refractivity contribution in [2.75, 3.05) is 26.2 Å². The van der Waals surface area contributed by atoms with E-state index in [1.807, 2.05) is 4.90 Å². The lowest BCUT2D eigenvalue weighted by Gasteiger charge is -2.47. The van der Waals surface area contributed by atoms with Gasteiger partial charge in [0.1, 0.15) is 11.6 Å². The van der Waals surface area contributed by atoms with Crippen LogP contribution in [0.1, 0.15) is 55.3 Å². The van der Waals surface area contributed by atoms with Gasteiger partial charge in [-0.15, -0.1) is 0 Å². The number of carbonyl (C=O) groups is 2. The second-order valence-electron chi connectivity index (χ2n) is 11.9. The number of piperidine rings is 1. The lowest BCUT2D eigenvalue weighted by atomic mass is 9.67. The number of halogens is 4. The summed E-state index contributed by atoms with van der Waals surface area (Å²) in [5.41, 5.74) is 4.88. The van der Waals surface area contributed by atoms with E-state index in [9.17, 15) is 27.9 Å². The van der Waals surface area contributed by atoms with Gasteiger partial charge in [0, 0.05) is 23.6 Å². The Hall–Kier alpha value is -2.98. The van der Waals surface area contributed by atoms with E-state index in [2.05, 4.69) is 0 Å². The third-order valence-corrected chi connectivity index (χ3v) is 9.34. The number of aliphatic hydroxyl groups is 1. The molecule has 41 heavy (non-hydrogen) atoms. The Morgan fingerprint density at radius 3 is 2.27 bits per heavy atom. The quantitative estimate of drug-likeness (QED) is 0.309. The highest BCUT2D eigenvalue weighted by atomic mass is 19.4. The molecule has 0 radical (unpaired) electrons. The molecule has 2 saturated carbocycles. The van der Waals surface area contributed by atoms with Crippen LogP contribution in [0.2, 0.25) is 0 Å². The van der Waals surface area contributed by atoms with E-state index in [4.69, 9.17) is 10.5 Å². The first-order chi connectivity index (χ1) is 19.5. The molecule has 10 heteroatoms. The number of nitrogens with zero attached hydrogens (tertiary/aromatic N) is 1. The minimum absolute atomic E-state index is 0.0921. The van der Waals surface area contributed by atoms with Gasteiger partial charge >= 0.3 is 6.18 Å². The summed E-state index contributed by atoms with van der Waals surface area (Å²) < 4.78 is 61.5. The summed E-state index contributed by atoms with van der Waals surface area (Å²) in [6.07, 6.45) is -1.85. The van der Waals surface area contributed by atoms with Gasteiger partial charge in [0.25, 0.3) is 0 Å². The molecule has 0 bridgehead atoms. The van der Waals surface area contributed by atoms with Crippen LogP contribution < -0.4 is 10.5 Å². The zero-order valence-electron chi connectivity index (χ0n) is 22.8. The number of amides is 1. The zero-order valence-corrected chi connectivity index (χ0v) is 22.8. The molecular weight excluding hydrogens is 540 g/mol. The maximum Gasteiger partial charge on any atom is 0.395 e. The fraction of sp³-hybridized carbons (Fsp3) is 0.548. The van der Waals surface area contributed by atoms with E-state index < -0.39 is 47.0 Å². The summed E-state index contributed by atoms with van der Waals surface area (Å²) in [5.74, 6) is -2.60. The molecule has 1 unspecified atom stereocenters. The van der Waals surface area contributed by atoms with E-state index >= 15 is 4.39 Å². The molecule has 1 heterocycles. The SMILES string of the molecule is NC(=O)[C@@H]1C(O)CC[C@H]1C(=O)c1ccc(-c2ccc(OCC3CCN(CC4(C(F)(F)F)CCC4)CC3)cc2)c(F)c1. The van der Waals surface area contributed by atoms with Crippen LogP contribution >= 0.6 is 0 Å². The second-order valence-corrected chi connectivity index (χ2v) is 11.9. The first-order valence-electron chi connectivity index (χ1n) is 14.3. The van der Waals surface area contributed by atoms with Gasteiger partial charge in [-0.1, -0.05) is 30.7 Å². The van der Waals surface area contributed by atoms with Gasteiger partial charge in [-0.3, -0.25) is 9.59 Å². The number of nitrogens with two attached hydrogens (primary N) is 1. The Balaban J connectivity index is 1.13. The summed E-state index contributed by atoms with van der Waals surface area (Å²) in [6.45, 7) is 1.82. The summed E-state index contributed by atoms with van der Waals surface area (Å²) >= 11 is 0. The number of likely N-dealkylation sites (tertiary alicyclic amines) is 1. The number of ketones is 1. The fourth-order valence-corrected chi connectivity index (χ4v) is 6.60. The average Bonchev–Trinajstić information content (AvgIpc) is 3.31. The number of aliphatic hydroxyl groups excluding tert-OH is 1. The number of ether oxygens (including phenoxy) is 1. The van der Waals surface area contributed by atoms with Gasteiger partial charge in [-0.25, -0.2) is 4.39 Å². The van der Waals surface area contributed by atoms with Crippen molar-refractivity contribution in [3.8, 4) is 16.9 Å². The van der Waals surface area contributed by atoms with Gasteiger partial charge in [-0.05, 0) is 81.3 Å². The topological polar surface area (TPSA) is 92.9 Å². The summed E-state index contributed by atoms with van der Waals surface area (Å²) in [4.78, 5) is 26.6. The Bertz CT molecular complexity index is 1250. The molecule has 3 N–H and O–H groups in total. The number of benzene rings is 2. The molecule has 0 aromatic heterocycles. The smallest absolute Gasteiger partial charge is 0.395 e. The number of carbonyl (C=O) groups excluding carboxylic acids is 2. The molecule has 2 aromatic rings. The van der Waals surface area contributed by atoms with Crippen molar-refractivity contribution in [3.05, 3.63) is 53.8 Å². The number of Topliss-reactive ketones (excluding diaryl/α,β-unsaturated/α-hetero) is 1. The summed E-state index contributed by atoms with van der Waals surface area (Å²) in [6, 6.07) is 11.1. The molecule has 1 saturated heterocycles. The van der Waals surface area contributed by atoms with Crippen LogP contribution in [0.4, 0.5) is 17.6 Å². The van der Waals surface area contributed by atoms with Gasteiger partial charge in [0.2, 0.25) is 5.91 Å². The van der Waals surface area contributed by atoms with E-state index in [0.29, 0.717) is 55.8 Å². The van der Waals surface area contributed by atoms with Crippen molar-refractivity contribution in [3.63, 3.8) is 0 Å². The molecular formula is C31H36F4N2O4. The molecule has 6 nitrogen and oxygen atoms in total. The van der Waals surface area contributed by atoms with Crippen molar-refractivity contribution in [1.82, 2.24) is 4.90 Å². The highest BCUT2D eigenvalue weighted by molar-refractivity contribution is 6.01. The van der Waals surface area contributed by atoms with Crippen molar-refractivity contribution >= 4 is 11.7 Å². The average molecular weight is 577 g/mol. The Morgan fingerprint density at radius 1 is 1.02 bits per heavy atom. The number of rotatable bonds is 9. The normalized spacial score (nSPS) is 25.0. The first-order valence-corrected chi connectivity index (χ1v) is 14.3. The third-order valence-electron chi connectivity index (χ3n) is 9.34. The molecule has 5 rings (SSSR count). The predicted octanol–water partition coefficient (Wildman–Crippen LogP) is 5.37. The van der Waals surface area contributed by atoms with Crippen LogP contribution in [0, 0.1) is 29.0 Å². The molecule has 1 aliphatic heterocycles. The van der Waals surface area contributed by atoms with E-state index in [-0.39, 0.29) is 30.9 Å². The van der Waals surface area contributed by atoms with Crippen LogP contribution in [0.15, 0.2) is 42.5 Å². The van der Waals surface area contributed by atoms with E-state index in [1.54, 1.807) is 24.3 Å². The maximum absolute atomic E-state index is 15.0. The Labute approximate surface area is 236 Å². The predicted molar refractivity (Wildman–Crippen MR) is 145 cm³/mol. The Morgan fingerprint density at radius 2 is 1.71 bits per heavy atom. The van der Waals surface area contributed by atoms with Crippen LogP contribution in [0.5, 0.6) is 5.75 Å². The first kappa shape index (κ1) is 29.5. The van der Waals surface area contributed by atoms with Crippen LogP contribution in [-0.2, 0) is 4.79 Å². The third kappa shape index (κ3) is 6.14.